The maximum absolute atomic E-state index is 4.21. The molecule has 0 unspecified atom stereocenters. The molecule has 22 heavy (non-hydrogen) atoms. The van der Waals surface area contributed by atoms with Crippen LogP contribution in [-0.4, -0.2) is 15.0 Å². The van der Waals surface area contributed by atoms with Crippen molar-refractivity contribution >= 4 is 16.7 Å². The maximum Gasteiger partial charge on any atom is 0.113 e. The van der Waals surface area contributed by atoms with Crippen molar-refractivity contribution in [2.45, 2.75) is 32.6 Å². The lowest BCUT2D eigenvalue weighted by molar-refractivity contribution is 0.607. The molecule has 4 heteroatoms. The molecule has 2 aromatic rings. The minimum atomic E-state index is 0.581. The van der Waals surface area contributed by atoms with Crippen molar-refractivity contribution in [3.63, 3.8) is 0 Å². The highest BCUT2D eigenvalue weighted by Gasteiger charge is 2.18. The van der Waals surface area contributed by atoms with Crippen molar-refractivity contribution in [1.29, 1.82) is 0 Å². The quantitative estimate of drug-likeness (QED) is 0.844. The molecule has 0 saturated heterocycles. The normalized spacial score (nSPS) is 16.1. The number of aromatic nitrogens is 3. The van der Waals surface area contributed by atoms with Crippen molar-refractivity contribution < 1.29 is 0 Å². The lowest BCUT2D eigenvalue weighted by Gasteiger charge is -2.16. The number of para-hydroxylation sites is 1. The van der Waals surface area contributed by atoms with Crippen molar-refractivity contribution in [2.24, 2.45) is 5.92 Å². The first-order valence-electron chi connectivity index (χ1n) is 7.79. The number of allylic oxidation sites excluding steroid dienone is 3. The van der Waals surface area contributed by atoms with Gasteiger partial charge in [0.15, 0.2) is 0 Å². The molecule has 114 valence electrons. The maximum atomic E-state index is 4.21. The number of benzene rings is 1. The summed E-state index contributed by atoms with van der Waals surface area (Å²) < 4.78 is 1.83. The highest BCUT2D eigenvalue weighted by atomic mass is 15.4. The summed E-state index contributed by atoms with van der Waals surface area (Å²) in [6.45, 7) is 10.3. The standard InChI is InChI=1S/C18H22N4/c1-13(19-15(3)16-8-4-5-9-16)12-14(2)22-18-11-7-6-10-17(18)20-21-22/h6-7,10-12,16,19H,1,3-5,8-9H2,2H3/b14-12+. The fourth-order valence-corrected chi connectivity index (χ4v) is 3.06. The monoisotopic (exact) mass is 294 g/mol. The molecular weight excluding hydrogens is 272 g/mol. The largest absolute Gasteiger partial charge is 0.360 e. The van der Waals surface area contributed by atoms with Gasteiger partial charge >= 0.3 is 0 Å². The molecule has 1 aliphatic rings. The molecule has 0 radical (unpaired) electrons. The van der Waals surface area contributed by atoms with Crippen LogP contribution < -0.4 is 5.32 Å². The van der Waals surface area contributed by atoms with Gasteiger partial charge in [0.2, 0.25) is 0 Å². The van der Waals surface area contributed by atoms with Crippen LogP contribution in [0, 0.1) is 5.92 Å². The molecule has 3 rings (SSSR count). The van der Waals surface area contributed by atoms with Crippen molar-refractivity contribution in [3.8, 4) is 0 Å². The third kappa shape index (κ3) is 2.96. The zero-order valence-electron chi connectivity index (χ0n) is 13.0. The van der Waals surface area contributed by atoms with E-state index in [0.29, 0.717) is 5.92 Å². The van der Waals surface area contributed by atoms with E-state index in [2.05, 4.69) is 28.8 Å². The van der Waals surface area contributed by atoms with Gasteiger partial charge in [-0.05, 0) is 43.9 Å². The number of hydrogen-bond donors (Lipinski definition) is 1. The Labute approximate surface area is 131 Å². The van der Waals surface area contributed by atoms with Gasteiger partial charge in [0.1, 0.15) is 5.52 Å². The summed E-state index contributed by atoms with van der Waals surface area (Å²) in [6, 6.07) is 7.93. The molecule has 0 spiro atoms. The molecule has 4 nitrogen and oxygen atoms in total. The molecule has 1 heterocycles. The Balaban J connectivity index is 1.73. The Kier molecular flexibility index (Phi) is 4.09. The molecular formula is C18H22N4. The van der Waals surface area contributed by atoms with Crippen LogP contribution in [-0.2, 0) is 0 Å². The third-order valence-electron chi connectivity index (χ3n) is 4.24. The summed E-state index contributed by atoms with van der Waals surface area (Å²) in [5.74, 6) is 0.581. The van der Waals surface area contributed by atoms with E-state index in [0.717, 1.165) is 28.1 Å². The SMILES string of the molecule is C=C(/C=C(\C)n1nnc2ccccc21)NC(=C)C1CCCC1. The number of fused-ring (bicyclic) bond motifs is 1. The van der Waals surface area contributed by atoms with E-state index in [1.165, 1.54) is 25.7 Å². The minimum absolute atomic E-state index is 0.581. The van der Waals surface area contributed by atoms with Gasteiger partial charge in [-0.15, -0.1) is 5.10 Å². The molecule has 0 bridgehead atoms. The van der Waals surface area contributed by atoms with Crippen LogP contribution in [0.25, 0.3) is 16.7 Å². The van der Waals surface area contributed by atoms with E-state index >= 15 is 0 Å². The molecule has 1 aromatic heterocycles. The second kappa shape index (κ2) is 6.18. The summed E-state index contributed by atoms with van der Waals surface area (Å²) in [5.41, 5.74) is 4.79. The van der Waals surface area contributed by atoms with Crippen molar-refractivity contribution in [3.05, 3.63) is 54.9 Å². The Morgan fingerprint density at radius 2 is 2.00 bits per heavy atom. The average molecular weight is 294 g/mol. The first-order valence-corrected chi connectivity index (χ1v) is 7.79. The van der Waals surface area contributed by atoms with Gasteiger partial charge in [0, 0.05) is 17.1 Å². The van der Waals surface area contributed by atoms with Gasteiger partial charge in [-0.1, -0.05) is 43.3 Å². The van der Waals surface area contributed by atoms with E-state index in [1.54, 1.807) is 0 Å². The van der Waals surface area contributed by atoms with Gasteiger partial charge < -0.3 is 5.32 Å². The zero-order valence-corrected chi connectivity index (χ0v) is 13.0. The van der Waals surface area contributed by atoms with E-state index in [-0.39, 0.29) is 0 Å². The molecule has 1 aliphatic carbocycles. The number of rotatable bonds is 5. The zero-order chi connectivity index (χ0) is 15.5. The van der Waals surface area contributed by atoms with Crippen molar-refractivity contribution in [2.75, 3.05) is 0 Å². The molecule has 1 saturated carbocycles. The molecule has 1 fully saturated rings. The van der Waals surface area contributed by atoms with Gasteiger partial charge in [0.25, 0.3) is 0 Å². The molecule has 1 N–H and O–H groups in total. The Morgan fingerprint density at radius 1 is 1.27 bits per heavy atom. The fourth-order valence-electron chi connectivity index (χ4n) is 3.06. The topological polar surface area (TPSA) is 42.7 Å². The smallest absolute Gasteiger partial charge is 0.113 e. The molecule has 0 atom stereocenters. The summed E-state index contributed by atoms with van der Waals surface area (Å²) >= 11 is 0. The number of nitrogens with one attached hydrogen (secondary N) is 1. The summed E-state index contributed by atoms with van der Waals surface area (Å²) in [4.78, 5) is 0. The number of nitrogens with zero attached hydrogens (tertiary/aromatic N) is 3. The fraction of sp³-hybridized carbons (Fsp3) is 0.333. The Hall–Kier alpha value is -2.36. The van der Waals surface area contributed by atoms with Gasteiger partial charge in [-0.2, -0.15) is 0 Å². The number of hydrogen-bond acceptors (Lipinski definition) is 3. The minimum Gasteiger partial charge on any atom is -0.360 e. The average Bonchev–Trinajstić information content (AvgIpc) is 3.16. The van der Waals surface area contributed by atoms with Crippen LogP contribution in [0.3, 0.4) is 0 Å². The molecule has 0 aliphatic heterocycles. The first-order chi connectivity index (χ1) is 10.6. The van der Waals surface area contributed by atoms with Crippen LogP contribution in [0.1, 0.15) is 32.6 Å². The Morgan fingerprint density at radius 3 is 2.77 bits per heavy atom. The second-order valence-electron chi connectivity index (χ2n) is 5.93. The highest BCUT2D eigenvalue weighted by Crippen LogP contribution is 2.29. The first kappa shape index (κ1) is 14.6. The van der Waals surface area contributed by atoms with Crippen LogP contribution in [0.5, 0.6) is 0 Å². The summed E-state index contributed by atoms with van der Waals surface area (Å²) in [7, 11) is 0. The van der Waals surface area contributed by atoms with Crippen LogP contribution in [0.15, 0.2) is 54.9 Å². The second-order valence-corrected chi connectivity index (χ2v) is 5.93. The van der Waals surface area contributed by atoms with Gasteiger partial charge in [-0.3, -0.25) is 0 Å². The lowest BCUT2D eigenvalue weighted by Crippen LogP contribution is -2.16. The third-order valence-corrected chi connectivity index (χ3v) is 4.24. The highest BCUT2D eigenvalue weighted by molar-refractivity contribution is 5.77. The lowest BCUT2D eigenvalue weighted by atomic mass is 10.1. The van der Waals surface area contributed by atoms with Crippen LogP contribution in [0.2, 0.25) is 0 Å². The van der Waals surface area contributed by atoms with Crippen LogP contribution in [0.4, 0.5) is 0 Å². The van der Waals surface area contributed by atoms with E-state index in [4.69, 9.17) is 0 Å². The molecule has 0 amide bonds. The van der Waals surface area contributed by atoms with Crippen molar-refractivity contribution in [1.82, 2.24) is 20.3 Å². The Bertz CT molecular complexity index is 732. The summed E-state index contributed by atoms with van der Waals surface area (Å²) in [5, 5.41) is 11.7. The predicted molar refractivity (Wildman–Crippen MR) is 90.8 cm³/mol. The van der Waals surface area contributed by atoms with E-state index in [9.17, 15) is 0 Å². The summed E-state index contributed by atoms with van der Waals surface area (Å²) in [6.07, 6.45) is 7.06. The molecule has 1 aromatic carbocycles. The van der Waals surface area contributed by atoms with E-state index in [1.807, 2.05) is 41.9 Å². The van der Waals surface area contributed by atoms with Gasteiger partial charge in [0.05, 0.1) is 5.52 Å². The van der Waals surface area contributed by atoms with Crippen LogP contribution >= 0.6 is 0 Å². The van der Waals surface area contributed by atoms with Gasteiger partial charge in [-0.25, -0.2) is 4.68 Å². The predicted octanol–water partition coefficient (Wildman–Crippen LogP) is 4.10. The van der Waals surface area contributed by atoms with E-state index < -0.39 is 0 Å².